The molecule has 2 heterocycles. The molecule has 1 aliphatic rings. The van der Waals surface area contributed by atoms with Crippen LogP contribution in [-0.2, 0) is 18.3 Å². The number of carbonyl (C=O) groups is 2. The number of aliphatic hydroxyl groups excluding tert-OH is 1. The zero-order chi connectivity index (χ0) is 18.9. The van der Waals surface area contributed by atoms with Crippen molar-refractivity contribution >= 4 is 11.9 Å². The molecule has 0 spiro atoms. The molecule has 7 nitrogen and oxygen atoms in total. The number of aliphatic hydroxyl groups is 1. The Balaban J connectivity index is 1.80. The van der Waals surface area contributed by atoms with Crippen molar-refractivity contribution in [2.24, 2.45) is 12.5 Å². The first-order chi connectivity index (χ1) is 12.3. The topological polar surface area (TPSA) is 95.7 Å². The van der Waals surface area contributed by atoms with Crippen molar-refractivity contribution in [2.45, 2.75) is 25.9 Å². The number of benzene rings is 1. The quantitative estimate of drug-likeness (QED) is 0.859. The van der Waals surface area contributed by atoms with E-state index in [1.807, 2.05) is 30.3 Å². The second-order valence-electron chi connectivity index (χ2n) is 6.94. The number of nitrogens with zero attached hydrogens (tertiary/aromatic N) is 3. The van der Waals surface area contributed by atoms with Gasteiger partial charge in [-0.2, -0.15) is 5.10 Å². The first-order valence-electron chi connectivity index (χ1n) is 8.58. The number of carboxylic acid groups (broad SMARTS) is 1. The standard InChI is InChI=1S/C19H23N3O4/c1-13-15(11-21(2)20-13)17(24)22-9-8-19(18(25)26,16(23)12-22)10-14-6-4-3-5-7-14/h3-7,11,16,23H,8-10,12H2,1-2H3,(H,25,26)/t16-,19+/m0/s1. The van der Waals surface area contributed by atoms with Gasteiger partial charge < -0.3 is 15.1 Å². The Labute approximate surface area is 151 Å². The van der Waals surface area contributed by atoms with Gasteiger partial charge in [-0.15, -0.1) is 0 Å². The van der Waals surface area contributed by atoms with Crippen LogP contribution in [0.25, 0.3) is 0 Å². The predicted molar refractivity (Wildman–Crippen MR) is 94.7 cm³/mol. The molecule has 0 aliphatic carbocycles. The second-order valence-corrected chi connectivity index (χ2v) is 6.94. The minimum atomic E-state index is -1.29. The van der Waals surface area contributed by atoms with Gasteiger partial charge in [0, 0.05) is 26.3 Å². The monoisotopic (exact) mass is 357 g/mol. The highest BCUT2D eigenvalue weighted by Crippen LogP contribution is 2.36. The second kappa shape index (κ2) is 6.92. The average molecular weight is 357 g/mol. The molecule has 2 N–H and O–H groups in total. The maximum absolute atomic E-state index is 12.7. The lowest BCUT2D eigenvalue weighted by molar-refractivity contribution is -0.161. The van der Waals surface area contributed by atoms with Crippen LogP contribution in [0.15, 0.2) is 36.5 Å². The molecule has 0 bridgehead atoms. The first-order valence-corrected chi connectivity index (χ1v) is 8.58. The van der Waals surface area contributed by atoms with E-state index in [0.29, 0.717) is 11.3 Å². The lowest BCUT2D eigenvalue weighted by Gasteiger charge is -2.42. The smallest absolute Gasteiger partial charge is 0.312 e. The Kier molecular flexibility index (Phi) is 4.82. The zero-order valence-electron chi connectivity index (χ0n) is 14.9. The van der Waals surface area contributed by atoms with E-state index in [9.17, 15) is 19.8 Å². The summed E-state index contributed by atoms with van der Waals surface area (Å²) in [5.41, 5.74) is 0.663. The molecule has 0 radical (unpaired) electrons. The molecule has 26 heavy (non-hydrogen) atoms. The van der Waals surface area contributed by atoms with E-state index in [4.69, 9.17) is 0 Å². The molecule has 0 unspecified atom stereocenters. The van der Waals surface area contributed by atoms with Gasteiger partial charge in [-0.1, -0.05) is 30.3 Å². The van der Waals surface area contributed by atoms with E-state index < -0.39 is 17.5 Å². The van der Waals surface area contributed by atoms with Crippen LogP contribution in [0.3, 0.4) is 0 Å². The number of hydrogen-bond acceptors (Lipinski definition) is 4. The maximum Gasteiger partial charge on any atom is 0.312 e. The highest BCUT2D eigenvalue weighted by Gasteiger charge is 2.49. The number of likely N-dealkylation sites (tertiary alicyclic amines) is 1. The highest BCUT2D eigenvalue weighted by atomic mass is 16.4. The lowest BCUT2D eigenvalue weighted by atomic mass is 9.71. The molecule has 2 aromatic rings. The Hall–Kier alpha value is -2.67. The third-order valence-corrected chi connectivity index (χ3v) is 5.18. The summed E-state index contributed by atoms with van der Waals surface area (Å²) in [6, 6.07) is 9.27. The fraction of sp³-hybridized carbons (Fsp3) is 0.421. The van der Waals surface area contributed by atoms with E-state index in [2.05, 4.69) is 5.10 Å². The summed E-state index contributed by atoms with van der Waals surface area (Å²) in [4.78, 5) is 26.3. The summed E-state index contributed by atoms with van der Waals surface area (Å²) in [5.74, 6) is -1.26. The first kappa shape index (κ1) is 18.1. The molecule has 1 aromatic heterocycles. The number of carbonyl (C=O) groups excluding carboxylic acids is 1. The minimum absolute atomic E-state index is 0.00764. The summed E-state index contributed by atoms with van der Waals surface area (Å²) < 4.78 is 1.57. The number of β-amino-alcohol motifs (C(OH)–C–C–N with tert-alkyl or cyclic N) is 1. The number of aryl methyl sites for hydroxylation is 2. The summed E-state index contributed by atoms with van der Waals surface area (Å²) >= 11 is 0. The lowest BCUT2D eigenvalue weighted by Crippen LogP contribution is -2.57. The molecule has 1 fully saturated rings. The summed E-state index contributed by atoms with van der Waals surface area (Å²) in [6.07, 6.45) is 0.935. The van der Waals surface area contributed by atoms with E-state index in [1.165, 1.54) is 4.90 Å². The Morgan fingerprint density at radius 3 is 2.54 bits per heavy atom. The molecule has 3 rings (SSSR count). The van der Waals surface area contributed by atoms with Crippen LogP contribution < -0.4 is 0 Å². The number of carboxylic acids is 1. The Bertz CT molecular complexity index is 817. The molecule has 2 atom stereocenters. The van der Waals surface area contributed by atoms with Crippen molar-refractivity contribution in [3.63, 3.8) is 0 Å². The fourth-order valence-electron chi connectivity index (χ4n) is 3.63. The van der Waals surface area contributed by atoms with Crippen molar-refractivity contribution in [3.05, 3.63) is 53.3 Å². The van der Waals surface area contributed by atoms with Gasteiger partial charge in [-0.25, -0.2) is 0 Å². The van der Waals surface area contributed by atoms with Crippen LogP contribution in [0.1, 0.15) is 28.0 Å². The van der Waals surface area contributed by atoms with Gasteiger partial charge >= 0.3 is 5.97 Å². The highest BCUT2D eigenvalue weighted by molar-refractivity contribution is 5.95. The SMILES string of the molecule is Cc1nn(C)cc1C(=O)N1CC[C@](Cc2ccccc2)(C(=O)O)[C@@H](O)C1. The van der Waals surface area contributed by atoms with Gasteiger partial charge in [-0.05, 0) is 25.3 Å². The number of amides is 1. The van der Waals surface area contributed by atoms with Gasteiger partial charge in [0.15, 0.2) is 0 Å². The normalized spacial score (nSPS) is 23.0. The van der Waals surface area contributed by atoms with Crippen molar-refractivity contribution in [1.82, 2.24) is 14.7 Å². The Morgan fingerprint density at radius 2 is 2.00 bits per heavy atom. The van der Waals surface area contributed by atoms with Gasteiger partial charge in [-0.3, -0.25) is 14.3 Å². The van der Waals surface area contributed by atoms with Crippen molar-refractivity contribution < 1.29 is 19.8 Å². The number of aromatic nitrogens is 2. The van der Waals surface area contributed by atoms with Crippen LogP contribution in [0.5, 0.6) is 0 Å². The molecule has 7 heteroatoms. The molecule has 0 saturated carbocycles. The third-order valence-electron chi connectivity index (χ3n) is 5.18. The number of aliphatic carboxylic acids is 1. The zero-order valence-corrected chi connectivity index (χ0v) is 14.9. The maximum atomic E-state index is 12.7. The van der Waals surface area contributed by atoms with E-state index in [0.717, 1.165) is 5.56 Å². The molecule has 1 aromatic carbocycles. The fourth-order valence-corrected chi connectivity index (χ4v) is 3.63. The van der Waals surface area contributed by atoms with Crippen molar-refractivity contribution in [2.75, 3.05) is 13.1 Å². The van der Waals surface area contributed by atoms with Crippen molar-refractivity contribution in [1.29, 1.82) is 0 Å². The van der Waals surface area contributed by atoms with Gasteiger partial charge in [0.2, 0.25) is 0 Å². The van der Waals surface area contributed by atoms with E-state index in [-0.39, 0.29) is 31.8 Å². The molecule has 1 amide bonds. The molecular weight excluding hydrogens is 334 g/mol. The third kappa shape index (κ3) is 3.22. The van der Waals surface area contributed by atoms with Crippen LogP contribution in [0, 0.1) is 12.3 Å². The molecular formula is C19H23N3O4. The largest absolute Gasteiger partial charge is 0.481 e. The minimum Gasteiger partial charge on any atom is -0.481 e. The molecule has 138 valence electrons. The molecule has 1 aliphatic heterocycles. The van der Waals surface area contributed by atoms with Gasteiger partial charge in [0.1, 0.15) is 5.41 Å². The van der Waals surface area contributed by atoms with Gasteiger partial charge in [0.05, 0.1) is 17.4 Å². The Morgan fingerprint density at radius 1 is 1.31 bits per heavy atom. The average Bonchev–Trinajstić information content (AvgIpc) is 2.95. The summed E-state index contributed by atoms with van der Waals surface area (Å²) in [7, 11) is 1.74. The van der Waals surface area contributed by atoms with Gasteiger partial charge in [0.25, 0.3) is 5.91 Å². The molecule has 1 saturated heterocycles. The van der Waals surface area contributed by atoms with E-state index in [1.54, 1.807) is 24.9 Å². The van der Waals surface area contributed by atoms with Crippen LogP contribution in [0.4, 0.5) is 0 Å². The van der Waals surface area contributed by atoms with Crippen LogP contribution in [-0.4, -0.2) is 56.0 Å². The summed E-state index contributed by atoms with van der Waals surface area (Å²) in [6.45, 7) is 2.03. The number of piperidine rings is 1. The number of hydrogen-bond donors (Lipinski definition) is 2. The van der Waals surface area contributed by atoms with Crippen molar-refractivity contribution in [3.8, 4) is 0 Å². The van der Waals surface area contributed by atoms with Crippen LogP contribution in [0.2, 0.25) is 0 Å². The van der Waals surface area contributed by atoms with Crippen LogP contribution >= 0.6 is 0 Å². The number of rotatable bonds is 4. The predicted octanol–water partition coefficient (Wildman–Crippen LogP) is 1.25. The summed E-state index contributed by atoms with van der Waals surface area (Å²) in [5, 5.41) is 24.7. The van der Waals surface area contributed by atoms with E-state index >= 15 is 0 Å².